The highest BCUT2D eigenvalue weighted by Gasteiger charge is 2.39. The zero-order chi connectivity index (χ0) is 12.2. The summed E-state index contributed by atoms with van der Waals surface area (Å²) >= 11 is 0. The summed E-state index contributed by atoms with van der Waals surface area (Å²) < 4.78 is 5.06. The Balaban J connectivity index is 2.62. The fourth-order valence-corrected chi connectivity index (χ4v) is 2.41. The van der Waals surface area contributed by atoms with Crippen molar-refractivity contribution in [3.63, 3.8) is 0 Å². The molecule has 0 spiro atoms. The number of esters is 1. The van der Waals surface area contributed by atoms with Gasteiger partial charge >= 0.3 is 5.97 Å². The van der Waals surface area contributed by atoms with Crippen molar-refractivity contribution in [1.82, 2.24) is 0 Å². The Kier molecular flexibility index (Phi) is 4.57. The quantitative estimate of drug-likeness (QED) is 0.525. The summed E-state index contributed by atoms with van der Waals surface area (Å²) in [6.45, 7) is 9.17. The topological polar surface area (TPSA) is 26.3 Å². The van der Waals surface area contributed by atoms with Crippen LogP contribution in [0.15, 0.2) is 11.6 Å². The number of ether oxygens (including phenoxy) is 1. The molecule has 0 amide bonds. The van der Waals surface area contributed by atoms with Crippen LogP contribution in [0, 0.1) is 11.3 Å². The first-order chi connectivity index (χ1) is 7.51. The number of rotatable bonds is 5. The molecule has 0 saturated carbocycles. The largest absolute Gasteiger partial charge is 0.465 e. The van der Waals surface area contributed by atoms with Crippen molar-refractivity contribution in [3.05, 3.63) is 11.6 Å². The van der Waals surface area contributed by atoms with Crippen LogP contribution in [-0.4, -0.2) is 12.6 Å². The van der Waals surface area contributed by atoms with E-state index in [0.717, 1.165) is 12.8 Å². The first-order valence-corrected chi connectivity index (χ1v) is 6.36. The van der Waals surface area contributed by atoms with Crippen molar-refractivity contribution in [2.24, 2.45) is 11.3 Å². The molecule has 0 radical (unpaired) electrons. The Labute approximate surface area is 99.1 Å². The van der Waals surface area contributed by atoms with E-state index in [4.69, 9.17) is 4.74 Å². The molecule has 0 aliphatic carbocycles. The van der Waals surface area contributed by atoms with Crippen LogP contribution < -0.4 is 0 Å². The smallest absolute Gasteiger partial charge is 0.312 e. The van der Waals surface area contributed by atoms with Crippen molar-refractivity contribution in [2.75, 3.05) is 6.61 Å². The number of carbonyl (C=O) groups is 1. The molecule has 1 atom stereocenters. The van der Waals surface area contributed by atoms with Crippen LogP contribution in [0.25, 0.3) is 0 Å². The van der Waals surface area contributed by atoms with Gasteiger partial charge in [-0.1, -0.05) is 25.5 Å². The van der Waals surface area contributed by atoms with Crippen LogP contribution in [0.3, 0.4) is 0 Å². The predicted molar refractivity (Wildman–Crippen MR) is 66.1 cm³/mol. The average molecular weight is 224 g/mol. The molecule has 0 aromatic carbocycles. The van der Waals surface area contributed by atoms with Gasteiger partial charge in [0.25, 0.3) is 0 Å². The molecule has 92 valence electrons. The Hall–Kier alpha value is -0.790. The van der Waals surface area contributed by atoms with Gasteiger partial charge < -0.3 is 4.74 Å². The first-order valence-electron chi connectivity index (χ1n) is 6.36. The fourth-order valence-electron chi connectivity index (χ4n) is 2.41. The second-order valence-corrected chi connectivity index (χ2v) is 5.21. The van der Waals surface area contributed by atoms with E-state index in [0.29, 0.717) is 12.5 Å². The van der Waals surface area contributed by atoms with E-state index in [1.807, 2.05) is 6.92 Å². The van der Waals surface area contributed by atoms with E-state index in [1.54, 1.807) is 0 Å². The third-order valence-corrected chi connectivity index (χ3v) is 3.62. The fraction of sp³-hybridized carbons (Fsp3) is 0.786. The minimum atomic E-state index is -0.271. The number of hydrogen-bond donors (Lipinski definition) is 0. The van der Waals surface area contributed by atoms with Gasteiger partial charge in [0.2, 0.25) is 0 Å². The number of carbonyl (C=O) groups excluding carboxylic acids is 1. The molecular weight excluding hydrogens is 200 g/mol. The van der Waals surface area contributed by atoms with Gasteiger partial charge in [0, 0.05) is 0 Å². The molecule has 0 aromatic heterocycles. The highest BCUT2D eigenvalue weighted by molar-refractivity contribution is 5.78. The van der Waals surface area contributed by atoms with Gasteiger partial charge in [-0.05, 0) is 45.4 Å². The molecule has 1 rings (SSSR count). The lowest BCUT2D eigenvalue weighted by atomic mass is 9.81. The lowest BCUT2D eigenvalue weighted by Crippen LogP contribution is -2.22. The van der Waals surface area contributed by atoms with Gasteiger partial charge in [0.1, 0.15) is 0 Å². The van der Waals surface area contributed by atoms with E-state index in [-0.39, 0.29) is 11.4 Å². The van der Waals surface area contributed by atoms with E-state index >= 15 is 0 Å². The molecule has 1 saturated heterocycles. The standard InChI is InChI=1S/C14H24O2/c1-5-12(6-2)9-11(3)10-14(4)7-8-16-13(14)15/h9,12H,5-8,10H2,1-4H3/b11-9+/t14-/m0/s1. The molecule has 1 heterocycles. The third kappa shape index (κ3) is 3.10. The summed E-state index contributed by atoms with van der Waals surface area (Å²) in [5.74, 6) is 0.630. The highest BCUT2D eigenvalue weighted by Crippen LogP contribution is 2.36. The summed E-state index contributed by atoms with van der Waals surface area (Å²) in [7, 11) is 0. The van der Waals surface area contributed by atoms with Gasteiger partial charge in [-0.2, -0.15) is 0 Å². The second kappa shape index (κ2) is 5.51. The van der Waals surface area contributed by atoms with Gasteiger partial charge in [-0.15, -0.1) is 0 Å². The summed E-state index contributed by atoms with van der Waals surface area (Å²) in [4.78, 5) is 11.6. The first kappa shape index (κ1) is 13.3. The van der Waals surface area contributed by atoms with Crippen LogP contribution in [0.4, 0.5) is 0 Å². The minimum Gasteiger partial charge on any atom is -0.465 e. The van der Waals surface area contributed by atoms with Crippen molar-refractivity contribution < 1.29 is 9.53 Å². The van der Waals surface area contributed by atoms with Crippen LogP contribution in [0.5, 0.6) is 0 Å². The zero-order valence-electron chi connectivity index (χ0n) is 11.0. The van der Waals surface area contributed by atoms with Crippen LogP contribution in [-0.2, 0) is 9.53 Å². The zero-order valence-corrected chi connectivity index (χ0v) is 11.0. The number of allylic oxidation sites excluding steroid dienone is 2. The maximum absolute atomic E-state index is 11.6. The van der Waals surface area contributed by atoms with Crippen molar-refractivity contribution >= 4 is 5.97 Å². The summed E-state index contributed by atoms with van der Waals surface area (Å²) in [5.41, 5.74) is 1.06. The SMILES string of the molecule is CCC(/C=C(\C)C[C@]1(C)CCOC1=O)CC. The van der Waals surface area contributed by atoms with Crippen molar-refractivity contribution in [2.45, 2.75) is 53.4 Å². The molecule has 2 heteroatoms. The van der Waals surface area contributed by atoms with E-state index < -0.39 is 0 Å². The lowest BCUT2D eigenvalue weighted by Gasteiger charge is -2.20. The minimum absolute atomic E-state index is 0.0233. The Morgan fingerprint density at radius 3 is 2.56 bits per heavy atom. The maximum atomic E-state index is 11.6. The molecule has 0 N–H and O–H groups in total. The van der Waals surface area contributed by atoms with Crippen LogP contribution >= 0.6 is 0 Å². The van der Waals surface area contributed by atoms with Crippen LogP contribution in [0.1, 0.15) is 53.4 Å². The highest BCUT2D eigenvalue weighted by atomic mass is 16.5. The van der Waals surface area contributed by atoms with Gasteiger partial charge in [0.05, 0.1) is 12.0 Å². The molecule has 0 aromatic rings. The Morgan fingerprint density at radius 2 is 2.12 bits per heavy atom. The molecule has 2 nitrogen and oxygen atoms in total. The molecular formula is C14H24O2. The predicted octanol–water partition coefficient (Wildman–Crippen LogP) is 3.71. The summed E-state index contributed by atoms with van der Waals surface area (Å²) in [5, 5.41) is 0. The Morgan fingerprint density at radius 1 is 1.50 bits per heavy atom. The summed E-state index contributed by atoms with van der Waals surface area (Å²) in [6.07, 6.45) is 6.39. The second-order valence-electron chi connectivity index (χ2n) is 5.21. The monoisotopic (exact) mass is 224 g/mol. The normalized spacial score (nSPS) is 26.3. The van der Waals surface area contributed by atoms with Gasteiger partial charge in [-0.25, -0.2) is 0 Å². The van der Waals surface area contributed by atoms with Crippen LogP contribution in [0.2, 0.25) is 0 Å². The molecule has 0 unspecified atom stereocenters. The van der Waals surface area contributed by atoms with Crippen molar-refractivity contribution in [1.29, 1.82) is 0 Å². The molecule has 16 heavy (non-hydrogen) atoms. The van der Waals surface area contributed by atoms with E-state index in [9.17, 15) is 4.79 Å². The maximum Gasteiger partial charge on any atom is 0.312 e. The molecule has 1 fully saturated rings. The van der Waals surface area contributed by atoms with Gasteiger partial charge in [0.15, 0.2) is 0 Å². The third-order valence-electron chi connectivity index (χ3n) is 3.62. The number of cyclic esters (lactones) is 1. The van der Waals surface area contributed by atoms with Gasteiger partial charge in [-0.3, -0.25) is 4.79 Å². The lowest BCUT2D eigenvalue weighted by molar-refractivity contribution is -0.145. The van der Waals surface area contributed by atoms with E-state index in [1.165, 1.54) is 18.4 Å². The average Bonchev–Trinajstić information content (AvgIpc) is 2.55. The molecule has 1 aliphatic heterocycles. The van der Waals surface area contributed by atoms with E-state index in [2.05, 4.69) is 26.8 Å². The molecule has 0 bridgehead atoms. The molecule has 1 aliphatic rings. The summed E-state index contributed by atoms with van der Waals surface area (Å²) in [6, 6.07) is 0. The number of hydrogen-bond acceptors (Lipinski definition) is 2. The van der Waals surface area contributed by atoms with Crippen molar-refractivity contribution in [3.8, 4) is 0 Å². The Bertz CT molecular complexity index is 276.